The first-order valence-corrected chi connectivity index (χ1v) is 6.00. The van der Waals surface area contributed by atoms with E-state index in [1.54, 1.807) is 0 Å². The summed E-state index contributed by atoms with van der Waals surface area (Å²) in [6.45, 7) is 8.01. The summed E-state index contributed by atoms with van der Waals surface area (Å²) in [5, 5.41) is 5.10. The zero-order valence-corrected chi connectivity index (χ0v) is 9.89. The van der Waals surface area contributed by atoms with Gasteiger partial charge in [-0.05, 0) is 27.7 Å². The second-order valence-electron chi connectivity index (χ2n) is 4.93. The van der Waals surface area contributed by atoms with E-state index in [2.05, 4.69) is 0 Å². The first-order valence-electron chi connectivity index (χ1n) is 4.50. The van der Waals surface area contributed by atoms with Crippen molar-refractivity contribution in [3.8, 4) is 0 Å². The molecule has 0 bridgehead atoms. The first-order chi connectivity index (χ1) is 6.02. The second-order valence-corrected chi connectivity index (χ2v) is 6.48. The Kier molecular flexibility index (Phi) is 2.69. The Hall–Kier alpha value is -0.170. The molecule has 6 heteroatoms. The van der Waals surface area contributed by atoms with E-state index < -0.39 is 21.4 Å². The standard InChI is InChI=1S/C8H18N2O3S/c1-7(2)5-10(14(9,11)12)6-8(3,4)13-7/h5-6H2,1-4H3,(H2,9,11,12). The highest BCUT2D eigenvalue weighted by Gasteiger charge is 2.41. The molecule has 0 aromatic carbocycles. The van der Waals surface area contributed by atoms with E-state index in [1.165, 1.54) is 4.31 Å². The molecule has 0 atom stereocenters. The Bertz CT molecular complexity index is 305. The Morgan fingerprint density at radius 3 is 1.79 bits per heavy atom. The maximum Gasteiger partial charge on any atom is 0.277 e. The molecule has 0 radical (unpaired) electrons. The van der Waals surface area contributed by atoms with Crippen LogP contribution < -0.4 is 5.14 Å². The molecule has 1 aliphatic rings. The fraction of sp³-hybridized carbons (Fsp3) is 1.00. The van der Waals surface area contributed by atoms with Crippen LogP contribution in [0.5, 0.6) is 0 Å². The van der Waals surface area contributed by atoms with Gasteiger partial charge < -0.3 is 4.74 Å². The molecule has 2 N–H and O–H groups in total. The van der Waals surface area contributed by atoms with Crippen LogP contribution in [0.1, 0.15) is 27.7 Å². The molecule has 1 aliphatic heterocycles. The number of hydrogen-bond donors (Lipinski definition) is 1. The first kappa shape index (κ1) is 11.9. The van der Waals surface area contributed by atoms with Gasteiger partial charge in [0, 0.05) is 13.1 Å². The molecule has 0 aromatic heterocycles. The molecule has 0 spiro atoms. The van der Waals surface area contributed by atoms with E-state index >= 15 is 0 Å². The highest BCUT2D eigenvalue weighted by Crippen LogP contribution is 2.28. The molecular weight excluding hydrogens is 204 g/mol. The third kappa shape index (κ3) is 2.91. The van der Waals surface area contributed by atoms with Crippen LogP contribution in [0.3, 0.4) is 0 Å². The number of morpholine rings is 1. The Morgan fingerprint density at radius 2 is 1.50 bits per heavy atom. The molecule has 1 heterocycles. The third-order valence-corrected chi connectivity index (χ3v) is 3.00. The van der Waals surface area contributed by atoms with Crippen LogP contribution >= 0.6 is 0 Å². The van der Waals surface area contributed by atoms with E-state index in [4.69, 9.17) is 9.88 Å². The zero-order chi connectivity index (χ0) is 11.2. The van der Waals surface area contributed by atoms with E-state index in [1.807, 2.05) is 27.7 Å². The van der Waals surface area contributed by atoms with Crippen LogP contribution in [-0.2, 0) is 14.9 Å². The normalized spacial score (nSPS) is 27.5. The fourth-order valence-corrected chi connectivity index (χ4v) is 2.88. The second kappa shape index (κ2) is 3.16. The molecule has 0 saturated carbocycles. The van der Waals surface area contributed by atoms with Gasteiger partial charge >= 0.3 is 0 Å². The van der Waals surface area contributed by atoms with Gasteiger partial charge in [0.05, 0.1) is 11.2 Å². The van der Waals surface area contributed by atoms with Crippen molar-refractivity contribution in [3.63, 3.8) is 0 Å². The number of ether oxygens (including phenoxy) is 1. The van der Waals surface area contributed by atoms with Gasteiger partial charge in [0.1, 0.15) is 0 Å². The summed E-state index contributed by atoms with van der Waals surface area (Å²) < 4.78 is 29.4. The summed E-state index contributed by atoms with van der Waals surface area (Å²) in [5.41, 5.74) is -0.984. The summed E-state index contributed by atoms with van der Waals surface area (Å²) in [5.74, 6) is 0. The monoisotopic (exact) mass is 222 g/mol. The van der Waals surface area contributed by atoms with Crippen LogP contribution in [-0.4, -0.2) is 37.0 Å². The van der Waals surface area contributed by atoms with Gasteiger partial charge in [-0.2, -0.15) is 12.7 Å². The fourth-order valence-electron chi connectivity index (χ4n) is 1.90. The maximum absolute atomic E-state index is 11.2. The summed E-state index contributed by atoms with van der Waals surface area (Å²) in [6, 6.07) is 0. The van der Waals surface area contributed by atoms with Gasteiger partial charge in [0.25, 0.3) is 10.2 Å². The van der Waals surface area contributed by atoms with Gasteiger partial charge in [-0.25, -0.2) is 5.14 Å². The predicted molar refractivity (Wildman–Crippen MR) is 53.9 cm³/mol. The van der Waals surface area contributed by atoms with Gasteiger partial charge in [-0.15, -0.1) is 0 Å². The molecule has 1 fully saturated rings. The average molecular weight is 222 g/mol. The van der Waals surface area contributed by atoms with Gasteiger partial charge in [-0.1, -0.05) is 0 Å². The largest absolute Gasteiger partial charge is 0.367 e. The molecule has 5 nitrogen and oxygen atoms in total. The lowest BCUT2D eigenvalue weighted by atomic mass is 10.0. The molecule has 14 heavy (non-hydrogen) atoms. The number of hydrogen-bond acceptors (Lipinski definition) is 3. The smallest absolute Gasteiger partial charge is 0.277 e. The lowest BCUT2D eigenvalue weighted by Gasteiger charge is -2.45. The van der Waals surface area contributed by atoms with E-state index in [-0.39, 0.29) is 0 Å². The van der Waals surface area contributed by atoms with Gasteiger partial charge in [-0.3, -0.25) is 0 Å². The van der Waals surface area contributed by atoms with E-state index in [9.17, 15) is 8.42 Å². The molecule has 1 saturated heterocycles. The van der Waals surface area contributed by atoms with Crippen molar-refractivity contribution in [2.45, 2.75) is 38.9 Å². The predicted octanol–water partition coefficient (Wildman–Crippen LogP) is 0.0793. The lowest BCUT2D eigenvalue weighted by Crippen LogP contribution is -2.59. The van der Waals surface area contributed by atoms with Crippen molar-refractivity contribution in [1.82, 2.24) is 4.31 Å². The Balaban J connectivity index is 2.93. The van der Waals surface area contributed by atoms with Crippen LogP contribution in [0.2, 0.25) is 0 Å². The summed E-state index contributed by atoms with van der Waals surface area (Å²) in [4.78, 5) is 0. The summed E-state index contributed by atoms with van der Waals surface area (Å²) in [6.07, 6.45) is 0. The van der Waals surface area contributed by atoms with Crippen LogP contribution in [0, 0.1) is 0 Å². The Labute approximate surface area is 85.4 Å². The average Bonchev–Trinajstić information content (AvgIpc) is 1.76. The van der Waals surface area contributed by atoms with Crippen molar-refractivity contribution in [3.05, 3.63) is 0 Å². The highest BCUT2D eigenvalue weighted by atomic mass is 32.2. The molecule has 0 amide bonds. The van der Waals surface area contributed by atoms with E-state index in [0.717, 1.165) is 0 Å². The topological polar surface area (TPSA) is 72.6 Å². The van der Waals surface area contributed by atoms with Crippen LogP contribution in [0.15, 0.2) is 0 Å². The Morgan fingerprint density at radius 1 is 1.14 bits per heavy atom. The number of rotatable bonds is 1. The van der Waals surface area contributed by atoms with Crippen molar-refractivity contribution in [2.75, 3.05) is 13.1 Å². The molecule has 1 rings (SSSR count). The minimum absolute atomic E-state index is 0.301. The molecule has 0 aliphatic carbocycles. The summed E-state index contributed by atoms with van der Waals surface area (Å²) >= 11 is 0. The zero-order valence-electron chi connectivity index (χ0n) is 9.07. The maximum atomic E-state index is 11.2. The lowest BCUT2D eigenvalue weighted by molar-refractivity contribution is -0.163. The van der Waals surface area contributed by atoms with Crippen LogP contribution in [0.25, 0.3) is 0 Å². The molecule has 84 valence electrons. The highest BCUT2D eigenvalue weighted by molar-refractivity contribution is 7.86. The minimum Gasteiger partial charge on any atom is -0.367 e. The minimum atomic E-state index is -3.61. The third-order valence-electron chi connectivity index (χ3n) is 2.03. The SMILES string of the molecule is CC1(C)CN(S(N)(=O)=O)CC(C)(C)O1. The number of nitrogens with zero attached hydrogens (tertiary/aromatic N) is 1. The molecular formula is C8H18N2O3S. The van der Waals surface area contributed by atoms with Crippen LogP contribution in [0.4, 0.5) is 0 Å². The summed E-state index contributed by atoms with van der Waals surface area (Å²) in [7, 11) is -3.61. The number of nitrogens with two attached hydrogens (primary N) is 1. The van der Waals surface area contributed by atoms with E-state index in [0.29, 0.717) is 13.1 Å². The van der Waals surface area contributed by atoms with Gasteiger partial charge in [0.2, 0.25) is 0 Å². The quantitative estimate of drug-likeness (QED) is 0.683. The van der Waals surface area contributed by atoms with Crippen molar-refractivity contribution >= 4 is 10.2 Å². The van der Waals surface area contributed by atoms with Crippen molar-refractivity contribution in [2.24, 2.45) is 5.14 Å². The van der Waals surface area contributed by atoms with Crippen molar-refractivity contribution in [1.29, 1.82) is 0 Å². The van der Waals surface area contributed by atoms with Gasteiger partial charge in [0.15, 0.2) is 0 Å². The molecule has 0 aromatic rings. The van der Waals surface area contributed by atoms with Crippen molar-refractivity contribution < 1.29 is 13.2 Å². The molecule has 0 unspecified atom stereocenters.